The van der Waals surface area contributed by atoms with E-state index in [0.717, 1.165) is 42.7 Å². The van der Waals surface area contributed by atoms with Gasteiger partial charge in [-0.3, -0.25) is 0 Å². The van der Waals surface area contributed by atoms with E-state index in [0.29, 0.717) is 5.92 Å². The lowest BCUT2D eigenvalue weighted by atomic mass is 9.81. The van der Waals surface area contributed by atoms with Gasteiger partial charge in [0.25, 0.3) is 0 Å². The Kier molecular flexibility index (Phi) is 6.27. The molecule has 25 heavy (non-hydrogen) atoms. The third-order valence-electron chi connectivity index (χ3n) is 5.07. The second-order valence-corrected chi connectivity index (χ2v) is 7.56. The molecular weight excluding hydrogens is 378 g/mol. The lowest BCUT2D eigenvalue weighted by molar-refractivity contribution is 0.0814. The van der Waals surface area contributed by atoms with E-state index >= 15 is 0 Å². The van der Waals surface area contributed by atoms with Crippen molar-refractivity contribution in [3.63, 3.8) is 0 Å². The van der Waals surface area contributed by atoms with Crippen molar-refractivity contribution in [2.45, 2.75) is 32.1 Å². The zero-order valence-electron chi connectivity index (χ0n) is 14.5. The van der Waals surface area contributed by atoms with E-state index < -0.39 is 0 Å². The molecule has 0 aliphatic carbocycles. The average molecular weight is 402 g/mol. The maximum Gasteiger partial charge on any atom is 0.0612 e. The first-order chi connectivity index (χ1) is 12.2. The predicted molar refractivity (Wildman–Crippen MR) is 105 cm³/mol. The first kappa shape index (κ1) is 18.2. The zero-order chi connectivity index (χ0) is 17.6. The minimum Gasteiger partial charge on any atom is -0.411 e. The number of aryl methyl sites for hydroxylation is 1. The molecule has 1 saturated heterocycles. The first-order valence-corrected chi connectivity index (χ1v) is 9.58. The second-order valence-electron chi connectivity index (χ2n) is 6.64. The van der Waals surface area contributed by atoms with Crippen LogP contribution in [0.5, 0.6) is 0 Å². The SMILES string of the molecule is Cc1ccccc1C(C/C(=N/O)C1CCOCC1)c1ccc(Br)cc1. The summed E-state index contributed by atoms with van der Waals surface area (Å²) < 4.78 is 6.53. The molecule has 0 amide bonds. The third-order valence-corrected chi connectivity index (χ3v) is 5.60. The van der Waals surface area contributed by atoms with Gasteiger partial charge in [-0.25, -0.2) is 0 Å². The van der Waals surface area contributed by atoms with E-state index in [4.69, 9.17) is 4.74 Å². The van der Waals surface area contributed by atoms with E-state index in [1.54, 1.807) is 0 Å². The van der Waals surface area contributed by atoms with Gasteiger partial charge in [0.15, 0.2) is 0 Å². The van der Waals surface area contributed by atoms with Crippen LogP contribution in [0.2, 0.25) is 0 Å². The number of hydrogen-bond donors (Lipinski definition) is 1. The molecule has 2 aromatic rings. The van der Waals surface area contributed by atoms with Crippen molar-refractivity contribution in [1.29, 1.82) is 0 Å². The topological polar surface area (TPSA) is 41.8 Å². The Morgan fingerprint density at radius 1 is 1.16 bits per heavy atom. The zero-order valence-corrected chi connectivity index (χ0v) is 16.1. The molecule has 3 rings (SSSR count). The molecule has 1 N–H and O–H groups in total. The van der Waals surface area contributed by atoms with Gasteiger partial charge in [0.1, 0.15) is 0 Å². The van der Waals surface area contributed by atoms with Crippen LogP contribution in [0, 0.1) is 12.8 Å². The number of rotatable bonds is 5. The summed E-state index contributed by atoms with van der Waals surface area (Å²) in [4.78, 5) is 0. The molecule has 1 heterocycles. The highest BCUT2D eigenvalue weighted by atomic mass is 79.9. The third kappa shape index (κ3) is 4.50. The lowest BCUT2D eigenvalue weighted by Gasteiger charge is -2.27. The van der Waals surface area contributed by atoms with Crippen molar-refractivity contribution in [3.8, 4) is 0 Å². The van der Waals surface area contributed by atoms with Crippen LogP contribution < -0.4 is 0 Å². The molecule has 1 aliphatic heterocycles. The van der Waals surface area contributed by atoms with E-state index in [1.807, 2.05) is 0 Å². The Morgan fingerprint density at radius 2 is 1.84 bits per heavy atom. The molecule has 4 heteroatoms. The molecular formula is C21H24BrNO2. The van der Waals surface area contributed by atoms with E-state index in [-0.39, 0.29) is 5.92 Å². The molecule has 0 radical (unpaired) electrons. The van der Waals surface area contributed by atoms with Gasteiger partial charge >= 0.3 is 0 Å². The van der Waals surface area contributed by atoms with Gasteiger partial charge in [0.05, 0.1) is 5.71 Å². The Labute approximate surface area is 157 Å². The molecule has 1 unspecified atom stereocenters. The summed E-state index contributed by atoms with van der Waals surface area (Å²) in [5.41, 5.74) is 4.68. The van der Waals surface area contributed by atoms with E-state index in [2.05, 4.69) is 76.5 Å². The molecule has 2 aromatic carbocycles. The molecule has 0 aromatic heterocycles. The molecule has 0 spiro atoms. The quantitative estimate of drug-likeness (QED) is 0.406. The average Bonchev–Trinajstić information content (AvgIpc) is 2.65. The van der Waals surface area contributed by atoms with Crippen molar-refractivity contribution in [2.24, 2.45) is 11.1 Å². The normalized spacial score (nSPS) is 17.4. The van der Waals surface area contributed by atoms with Crippen LogP contribution in [-0.2, 0) is 4.74 Å². The highest BCUT2D eigenvalue weighted by Crippen LogP contribution is 2.34. The summed E-state index contributed by atoms with van der Waals surface area (Å²) >= 11 is 3.51. The summed E-state index contributed by atoms with van der Waals surface area (Å²) in [5, 5.41) is 13.4. The van der Waals surface area contributed by atoms with Gasteiger partial charge in [-0.05, 0) is 48.6 Å². The molecule has 1 aliphatic rings. The molecule has 1 fully saturated rings. The highest BCUT2D eigenvalue weighted by molar-refractivity contribution is 9.10. The van der Waals surface area contributed by atoms with Crippen molar-refractivity contribution in [3.05, 3.63) is 69.7 Å². The Bertz CT molecular complexity index is 721. The van der Waals surface area contributed by atoms with Crippen LogP contribution in [0.3, 0.4) is 0 Å². The van der Waals surface area contributed by atoms with Gasteiger partial charge in [-0.1, -0.05) is 57.5 Å². The highest BCUT2D eigenvalue weighted by Gasteiger charge is 2.25. The lowest BCUT2D eigenvalue weighted by Crippen LogP contribution is -2.25. The standard InChI is InChI=1S/C21H24BrNO2/c1-15-4-2-3-5-19(15)20(16-6-8-18(22)9-7-16)14-21(23-24)17-10-12-25-13-11-17/h2-9,17,20,24H,10-14H2,1H3/b23-21-. The van der Waals surface area contributed by atoms with Gasteiger partial charge in [0, 0.05) is 35.9 Å². The largest absolute Gasteiger partial charge is 0.411 e. The second kappa shape index (κ2) is 8.63. The minimum atomic E-state index is 0.183. The number of hydrogen-bond acceptors (Lipinski definition) is 3. The molecule has 132 valence electrons. The number of benzene rings is 2. The summed E-state index contributed by atoms with van der Waals surface area (Å²) in [6.07, 6.45) is 2.59. The maximum atomic E-state index is 9.67. The van der Waals surface area contributed by atoms with E-state index in [1.165, 1.54) is 16.7 Å². The Morgan fingerprint density at radius 3 is 2.48 bits per heavy atom. The van der Waals surface area contributed by atoms with Crippen molar-refractivity contribution >= 4 is 21.6 Å². The number of nitrogens with zero attached hydrogens (tertiary/aromatic N) is 1. The van der Waals surface area contributed by atoms with Crippen LogP contribution >= 0.6 is 15.9 Å². The van der Waals surface area contributed by atoms with Crippen LogP contribution in [0.15, 0.2) is 58.2 Å². The minimum absolute atomic E-state index is 0.183. The number of halogens is 1. The number of oxime groups is 1. The van der Waals surface area contributed by atoms with Crippen LogP contribution in [0.25, 0.3) is 0 Å². The molecule has 0 saturated carbocycles. The fraction of sp³-hybridized carbons (Fsp3) is 0.381. The summed E-state index contributed by atoms with van der Waals surface area (Å²) in [6.45, 7) is 3.64. The van der Waals surface area contributed by atoms with Crippen molar-refractivity contribution in [1.82, 2.24) is 0 Å². The van der Waals surface area contributed by atoms with Crippen molar-refractivity contribution in [2.75, 3.05) is 13.2 Å². The molecule has 0 bridgehead atoms. The fourth-order valence-corrected chi connectivity index (χ4v) is 3.87. The molecule has 1 atom stereocenters. The van der Waals surface area contributed by atoms with Crippen LogP contribution in [-0.4, -0.2) is 24.1 Å². The number of ether oxygens (including phenoxy) is 1. The predicted octanol–water partition coefficient (Wildman–Crippen LogP) is 5.54. The molecule has 3 nitrogen and oxygen atoms in total. The monoisotopic (exact) mass is 401 g/mol. The smallest absolute Gasteiger partial charge is 0.0612 e. The van der Waals surface area contributed by atoms with Crippen LogP contribution in [0.1, 0.15) is 41.9 Å². The fourth-order valence-electron chi connectivity index (χ4n) is 3.61. The maximum absolute atomic E-state index is 9.67. The Hall–Kier alpha value is -1.65. The van der Waals surface area contributed by atoms with Gasteiger partial charge < -0.3 is 9.94 Å². The summed E-state index contributed by atoms with van der Waals surface area (Å²) in [6, 6.07) is 16.9. The Balaban J connectivity index is 1.93. The van der Waals surface area contributed by atoms with Gasteiger partial charge in [0.2, 0.25) is 0 Å². The van der Waals surface area contributed by atoms with Gasteiger partial charge in [-0.2, -0.15) is 0 Å². The van der Waals surface area contributed by atoms with Crippen molar-refractivity contribution < 1.29 is 9.94 Å². The van der Waals surface area contributed by atoms with Crippen LogP contribution in [0.4, 0.5) is 0 Å². The first-order valence-electron chi connectivity index (χ1n) is 8.78. The summed E-state index contributed by atoms with van der Waals surface area (Å²) in [7, 11) is 0. The van der Waals surface area contributed by atoms with Gasteiger partial charge in [-0.15, -0.1) is 0 Å². The van der Waals surface area contributed by atoms with E-state index in [9.17, 15) is 5.21 Å². The summed E-state index contributed by atoms with van der Waals surface area (Å²) in [5.74, 6) is 0.490.